The van der Waals surface area contributed by atoms with E-state index in [1.54, 1.807) is 11.3 Å². The Hall–Kier alpha value is -2.55. The van der Waals surface area contributed by atoms with E-state index in [0.29, 0.717) is 23.0 Å². The van der Waals surface area contributed by atoms with Crippen LogP contribution < -0.4 is 10.5 Å². The molecule has 0 amide bonds. The minimum absolute atomic E-state index is 0.345. The van der Waals surface area contributed by atoms with Crippen molar-refractivity contribution in [1.82, 2.24) is 4.98 Å². The summed E-state index contributed by atoms with van der Waals surface area (Å²) in [6.45, 7) is 4.56. The Morgan fingerprint density at radius 1 is 1.16 bits per heavy atom. The first-order valence-electron chi connectivity index (χ1n) is 10.7. The summed E-state index contributed by atoms with van der Waals surface area (Å²) in [5.74, 6) is 1.17. The lowest BCUT2D eigenvalue weighted by molar-refractivity contribution is 0.304. The Morgan fingerprint density at radius 3 is 2.68 bits per heavy atom. The van der Waals surface area contributed by atoms with Gasteiger partial charge in [0.05, 0.1) is 0 Å². The molecule has 0 aliphatic heterocycles. The van der Waals surface area contributed by atoms with Gasteiger partial charge in [-0.05, 0) is 74.9 Å². The van der Waals surface area contributed by atoms with E-state index in [1.807, 2.05) is 25.1 Å². The summed E-state index contributed by atoms with van der Waals surface area (Å²) in [7, 11) is 0. The number of anilines is 1. The van der Waals surface area contributed by atoms with Gasteiger partial charge in [0, 0.05) is 31.6 Å². The molecule has 0 atom stereocenters. The lowest BCUT2D eigenvalue weighted by Crippen LogP contribution is -2.09. The number of rotatable bonds is 4. The number of nitrogen functional groups attached to an aromatic ring is 1. The van der Waals surface area contributed by atoms with Crippen LogP contribution in [0.4, 0.5) is 5.82 Å². The number of aromatic nitrogens is 1. The van der Waals surface area contributed by atoms with Crippen LogP contribution in [0.2, 0.25) is 5.02 Å². The molecule has 2 heterocycles. The molecule has 2 aromatic heterocycles. The van der Waals surface area contributed by atoms with Crippen LogP contribution in [0.5, 0.6) is 5.75 Å². The maximum absolute atomic E-state index is 9.87. The zero-order chi connectivity index (χ0) is 22.0. The van der Waals surface area contributed by atoms with Crippen molar-refractivity contribution in [2.24, 2.45) is 0 Å². The highest BCUT2D eigenvalue weighted by atomic mass is 35.5. The number of halogens is 1. The van der Waals surface area contributed by atoms with E-state index in [0.717, 1.165) is 58.7 Å². The van der Waals surface area contributed by atoms with Gasteiger partial charge in [-0.2, -0.15) is 5.26 Å². The standard InChI is InChI=1S/C25H26ClN3OS/c1-15-11-18(26)9-10-22(15)30-14-17-12-23(31-16(17)2)24-19-7-5-3-4-6-8-21(19)29-25(28)20(24)13-27/h9-12H,3-8,14H2,1-2H3,(H2,28,29). The van der Waals surface area contributed by atoms with Crippen LogP contribution in [-0.4, -0.2) is 4.98 Å². The number of nitrogens with two attached hydrogens (primary N) is 1. The van der Waals surface area contributed by atoms with Gasteiger partial charge in [0.15, 0.2) is 0 Å². The Bertz CT molecular complexity index is 1160. The first-order valence-corrected chi connectivity index (χ1v) is 11.9. The first kappa shape index (κ1) is 21.7. The van der Waals surface area contributed by atoms with Gasteiger partial charge >= 0.3 is 0 Å². The van der Waals surface area contributed by atoms with Crippen molar-refractivity contribution in [2.45, 2.75) is 59.0 Å². The lowest BCUT2D eigenvalue weighted by Gasteiger charge is -2.18. The smallest absolute Gasteiger partial charge is 0.142 e. The number of aryl methyl sites for hydroxylation is 3. The number of hydrogen-bond acceptors (Lipinski definition) is 5. The van der Waals surface area contributed by atoms with Crippen LogP contribution in [0.3, 0.4) is 0 Å². The zero-order valence-corrected chi connectivity index (χ0v) is 19.5. The number of fused-ring (bicyclic) bond motifs is 1. The summed E-state index contributed by atoms with van der Waals surface area (Å²) < 4.78 is 6.08. The number of benzene rings is 1. The van der Waals surface area contributed by atoms with Gasteiger partial charge in [0.2, 0.25) is 0 Å². The number of nitrogens with zero attached hydrogens (tertiary/aromatic N) is 2. The minimum Gasteiger partial charge on any atom is -0.489 e. The van der Waals surface area contributed by atoms with Crippen LogP contribution >= 0.6 is 22.9 Å². The van der Waals surface area contributed by atoms with Crippen LogP contribution in [-0.2, 0) is 19.4 Å². The van der Waals surface area contributed by atoms with Gasteiger partial charge in [-0.3, -0.25) is 0 Å². The third kappa shape index (κ3) is 4.56. The topological polar surface area (TPSA) is 71.9 Å². The molecule has 1 aliphatic rings. The largest absolute Gasteiger partial charge is 0.489 e. The highest BCUT2D eigenvalue weighted by Gasteiger charge is 2.22. The normalized spacial score (nSPS) is 13.7. The van der Waals surface area contributed by atoms with Crippen LogP contribution in [0, 0.1) is 25.2 Å². The molecule has 0 unspecified atom stereocenters. The van der Waals surface area contributed by atoms with Crippen molar-refractivity contribution in [3.05, 3.63) is 62.1 Å². The molecule has 4 rings (SSSR count). The SMILES string of the molecule is Cc1cc(Cl)ccc1OCc1cc(-c2c(C#N)c(N)nc3c2CCCCCC3)sc1C. The molecule has 0 saturated heterocycles. The van der Waals surface area contributed by atoms with E-state index in [-0.39, 0.29) is 0 Å². The molecule has 1 aromatic carbocycles. The molecule has 0 radical (unpaired) electrons. The molecular weight excluding hydrogens is 426 g/mol. The number of pyridine rings is 1. The van der Waals surface area contributed by atoms with Gasteiger partial charge in [0.1, 0.15) is 29.8 Å². The van der Waals surface area contributed by atoms with Gasteiger partial charge in [-0.15, -0.1) is 11.3 Å². The van der Waals surface area contributed by atoms with Gasteiger partial charge in [0.25, 0.3) is 0 Å². The summed E-state index contributed by atoms with van der Waals surface area (Å²) in [5, 5.41) is 10.6. The Morgan fingerprint density at radius 2 is 1.94 bits per heavy atom. The third-order valence-electron chi connectivity index (χ3n) is 5.90. The number of thiophene rings is 1. The fraction of sp³-hybridized carbons (Fsp3) is 0.360. The average Bonchev–Trinajstić information content (AvgIpc) is 3.08. The van der Waals surface area contributed by atoms with Crippen molar-refractivity contribution >= 4 is 28.8 Å². The molecule has 0 spiro atoms. The van der Waals surface area contributed by atoms with Crippen molar-refractivity contribution < 1.29 is 4.74 Å². The van der Waals surface area contributed by atoms with E-state index < -0.39 is 0 Å². The monoisotopic (exact) mass is 451 g/mol. The van der Waals surface area contributed by atoms with Gasteiger partial charge < -0.3 is 10.5 Å². The fourth-order valence-corrected chi connectivity index (χ4v) is 5.55. The van der Waals surface area contributed by atoms with Crippen molar-refractivity contribution in [3.8, 4) is 22.3 Å². The van der Waals surface area contributed by atoms with Crippen LogP contribution in [0.1, 0.15) is 58.5 Å². The maximum Gasteiger partial charge on any atom is 0.142 e. The quantitative estimate of drug-likeness (QED) is 0.474. The third-order valence-corrected chi connectivity index (χ3v) is 7.25. The molecule has 2 N–H and O–H groups in total. The van der Waals surface area contributed by atoms with E-state index in [2.05, 4.69) is 24.0 Å². The molecular formula is C25H26ClN3OS. The summed E-state index contributed by atoms with van der Waals surface area (Å²) in [6, 6.07) is 10.1. The van der Waals surface area contributed by atoms with E-state index >= 15 is 0 Å². The van der Waals surface area contributed by atoms with Gasteiger partial charge in [-0.1, -0.05) is 24.4 Å². The number of hydrogen-bond donors (Lipinski definition) is 1. The predicted molar refractivity (Wildman–Crippen MR) is 128 cm³/mol. The van der Waals surface area contributed by atoms with Crippen molar-refractivity contribution in [3.63, 3.8) is 0 Å². The van der Waals surface area contributed by atoms with E-state index in [9.17, 15) is 5.26 Å². The van der Waals surface area contributed by atoms with Gasteiger partial charge in [-0.25, -0.2) is 4.98 Å². The second-order valence-corrected chi connectivity index (χ2v) is 9.78. The molecule has 160 valence electrons. The van der Waals surface area contributed by atoms with E-state index in [4.69, 9.17) is 22.1 Å². The average molecular weight is 452 g/mol. The predicted octanol–water partition coefficient (Wildman–Crippen LogP) is 6.77. The van der Waals surface area contributed by atoms with Crippen molar-refractivity contribution in [1.29, 1.82) is 5.26 Å². The molecule has 0 bridgehead atoms. The summed E-state index contributed by atoms with van der Waals surface area (Å²) in [4.78, 5) is 6.88. The maximum atomic E-state index is 9.87. The van der Waals surface area contributed by atoms with Crippen molar-refractivity contribution in [2.75, 3.05) is 5.73 Å². The Balaban J connectivity index is 1.71. The Labute approximate surface area is 192 Å². The fourth-order valence-electron chi connectivity index (χ4n) is 4.22. The first-order chi connectivity index (χ1) is 15.0. The highest BCUT2D eigenvalue weighted by molar-refractivity contribution is 7.15. The summed E-state index contributed by atoms with van der Waals surface area (Å²) >= 11 is 7.75. The van der Waals surface area contributed by atoms with Crippen LogP contribution in [0.25, 0.3) is 10.4 Å². The minimum atomic E-state index is 0.345. The molecule has 0 fully saturated rings. The zero-order valence-electron chi connectivity index (χ0n) is 17.9. The molecule has 0 saturated carbocycles. The lowest BCUT2D eigenvalue weighted by atomic mass is 9.90. The second-order valence-electron chi connectivity index (χ2n) is 8.09. The molecule has 4 nitrogen and oxygen atoms in total. The highest BCUT2D eigenvalue weighted by Crippen LogP contribution is 2.40. The molecule has 3 aromatic rings. The second kappa shape index (κ2) is 9.30. The number of nitriles is 1. The summed E-state index contributed by atoms with van der Waals surface area (Å²) in [5.41, 5.74) is 12.1. The Kier molecular flexibility index (Phi) is 6.50. The van der Waals surface area contributed by atoms with Crippen LogP contribution in [0.15, 0.2) is 24.3 Å². The molecule has 6 heteroatoms. The van der Waals surface area contributed by atoms with E-state index in [1.165, 1.54) is 23.3 Å². The molecule has 31 heavy (non-hydrogen) atoms. The molecule has 1 aliphatic carbocycles. The number of ether oxygens (including phenoxy) is 1. The summed E-state index contributed by atoms with van der Waals surface area (Å²) in [6.07, 6.45) is 6.54.